The van der Waals surface area contributed by atoms with E-state index in [1.165, 1.54) is 48.7 Å². The number of hydrogen-bond donors (Lipinski definition) is 2. The zero-order chi connectivity index (χ0) is 30.8. The molecule has 1 aliphatic heterocycles. The monoisotopic (exact) mass is 616 g/mol. The first-order chi connectivity index (χ1) is 20.4. The summed E-state index contributed by atoms with van der Waals surface area (Å²) >= 11 is 0. The van der Waals surface area contributed by atoms with Crippen LogP contribution in [0.25, 0.3) is 0 Å². The molecule has 0 radical (unpaired) electrons. The minimum Gasteiger partial charge on any atom is -0.491 e. The highest BCUT2D eigenvalue weighted by atomic mass is 32.2. The SMILES string of the molecule is O=C(NS(=O)(=O)c1ccccc1)c1ccc(C(=O)NC2(c3ccc(OC(F)(F)F)c(F)c3)CCOc3cccnc32)nc1. The van der Waals surface area contributed by atoms with Crippen molar-refractivity contribution in [2.45, 2.75) is 23.2 Å². The molecule has 10 nitrogen and oxygen atoms in total. The van der Waals surface area contributed by atoms with E-state index >= 15 is 0 Å². The standard InChI is InChI=1S/C28H20F4N4O6S/c29-20-15-18(9-11-22(20)42-28(30,31)32)27(12-14-41-23-7-4-13-33-24(23)27)35-26(38)21-10-8-17(16-34-21)25(37)36-43(39,40)19-5-2-1-3-6-19/h1-11,13,15-16H,12,14H2,(H,35,38)(H,36,37). The summed E-state index contributed by atoms with van der Waals surface area (Å²) < 4.78 is 89.2. The molecule has 1 atom stereocenters. The van der Waals surface area contributed by atoms with Crippen molar-refractivity contribution < 1.29 is 45.0 Å². The van der Waals surface area contributed by atoms with E-state index in [2.05, 4.69) is 20.0 Å². The Hall–Kier alpha value is -5.05. The average molecular weight is 617 g/mol. The summed E-state index contributed by atoms with van der Waals surface area (Å²) in [7, 11) is -4.16. The van der Waals surface area contributed by atoms with Gasteiger partial charge in [0.05, 0.1) is 17.1 Å². The molecule has 4 aromatic rings. The highest BCUT2D eigenvalue weighted by Gasteiger charge is 2.43. The molecule has 0 spiro atoms. The number of ether oxygens (including phenoxy) is 2. The molecule has 2 N–H and O–H groups in total. The number of aromatic nitrogens is 2. The Morgan fingerprint density at radius 2 is 1.72 bits per heavy atom. The van der Waals surface area contributed by atoms with E-state index < -0.39 is 45.3 Å². The number of sulfonamides is 1. The Bertz CT molecular complexity index is 1790. The Morgan fingerprint density at radius 1 is 0.953 bits per heavy atom. The molecule has 2 amide bonds. The number of halogens is 4. The van der Waals surface area contributed by atoms with E-state index in [1.807, 2.05) is 4.72 Å². The topological polar surface area (TPSA) is 137 Å². The van der Waals surface area contributed by atoms with Crippen LogP contribution in [0, 0.1) is 5.82 Å². The zero-order valence-corrected chi connectivity index (χ0v) is 22.6. The van der Waals surface area contributed by atoms with Gasteiger partial charge in [-0.05, 0) is 54.1 Å². The van der Waals surface area contributed by atoms with Crippen LogP contribution >= 0.6 is 0 Å². The summed E-state index contributed by atoms with van der Waals surface area (Å²) in [4.78, 5) is 34.2. The number of amides is 2. The summed E-state index contributed by atoms with van der Waals surface area (Å²) in [5.74, 6) is -3.93. The molecule has 0 saturated carbocycles. The van der Waals surface area contributed by atoms with Gasteiger partial charge in [-0.2, -0.15) is 0 Å². The second-order valence-electron chi connectivity index (χ2n) is 9.18. The maximum atomic E-state index is 14.8. The number of pyridine rings is 2. The number of nitrogens with one attached hydrogen (secondary N) is 2. The van der Waals surface area contributed by atoms with Crippen LogP contribution < -0.4 is 19.5 Å². The van der Waals surface area contributed by atoms with Crippen molar-refractivity contribution in [2.24, 2.45) is 0 Å². The quantitative estimate of drug-likeness (QED) is 0.297. The molecule has 1 aliphatic rings. The summed E-state index contributed by atoms with van der Waals surface area (Å²) in [6.45, 7) is 0.0316. The highest BCUT2D eigenvalue weighted by Crippen LogP contribution is 2.42. The number of carbonyl (C=O) groups is 2. The van der Waals surface area contributed by atoms with Crippen molar-refractivity contribution in [1.82, 2.24) is 20.0 Å². The Kier molecular flexibility index (Phi) is 7.75. The average Bonchev–Trinajstić information content (AvgIpc) is 2.98. The number of hydrogen-bond acceptors (Lipinski definition) is 8. The smallest absolute Gasteiger partial charge is 0.491 e. The minimum atomic E-state index is -5.12. The maximum absolute atomic E-state index is 14.8. The lowest BCUT2D eigenvalue weighted by Crippen LogP contribution is -2.50. The fraction of sp³-hybridized carbons (Fsp3) is 0.143. The van der Waals surface area contributed by atoms with Gasteiger partial charge in [-0.1, -0.05) is 24.3 Å². The number of carbonyl (C=O) groups excluding carboxylic acids is 2. The first-order valence-corrected chi connectivity index (χ1v) is 13.9. The molecule has 2 aromatic carbocycles. The van der Waals surface area contributed by atoms with Crippen molar-refractivity contribution in [3.05, 3.63) is 114 Å². The van der Waals surface area contributed by atoms with Crippen LogP contribution in [0.5, 0.6) is 11.5 Å². The van der Waals surface area contributed by atoms with Gasteiger partial charge in [0.1, 0.15) is 22.7 Å². The van der Waals surface area contributed by atoms with Crippen LogP contribution in [-0.4, -0.2) is 43.2 Å². The van der Waals surface area contributed by atoms with Gasteiger partial charge in [-0.25, -0.2) is 17.5 Å². The lowest BCUT2D eigenvalue weighted by Gasteiger charge is -2.39. The second-order valence-corrected chi connectivity index (χ2v) is 10.9. The number of fused-ring (bicyclic) bond motifs is 1. The highest BCUT2D eigenvalue weighted by molar-refractivity contribution is 7.90. The molecule has 2 aromatic heterocycles. The van der Waals surface area contributed by atoms with Crippen LogP contribution in [0.4, 0.5) is 17.6 Å². The van der Waals surface area contributed by atoms with Crippen LogP contribution in [0.3, 0.4) is 0 Å². The van der Waals surface area contributed by atoms with Crippen molar-refractivity contribution in [3.63, 3.8) is 0 Å². The molecule has 0 saturated heterocycles. The number of benzene rings is 2. The van der Waals surface area contributed by atoms with Gasteiger partial charge in [0.25, 0.3) is 21.8 Å². The lowest BCUT2D eigenvalue weighted by molar-refractivity contribution is -0.275. The normalized spacial score (nSPS) is 16.4. The third kappa shape index (κ3) is 6.25. The van der Waals surface area contributed by atoms with Crippen LogP contribution in [-0.2, 0) is 15.6 Å². The first-order valence-electron chi connectivity index (χ1n) is 12.4. The van der Waals surface area contributed by atoms with Crippen molar-refractivity contribution >= 4 is 21.8 Å². The largest absolute Gasteiger partial charge is 0.573 e. The van der Waals surface area contributed by atoms with Gasteiger partial charge in [0.15, 0.2) is 11.6 Å². The van der Waals surface area contributed by atoms with E-state index in [9.17, 15) is 35.6 Å². The molecule has 1 unspecified atom stereocenters. The Labute approximate surface area is 241 Å². The van der Waals surface area contributed by atoms with Gasteiger partial charge in [-0.15, -0.1) is 13.2 Å². The van der Waals surface area contributed by atoms with E-state index in [-0.39, 0.29) is 46.2 Å². The van der Waals surface area contributed by atoms with Gasteiger partial charge in [0, 0.05) is 18.8 Å². The van der Waals surface area contributed by atoms with Crippen molar-refractivity contribution in [1.29, 1.82) is 0 Å². The second kappa shape index (κ2) is 11.3. The van der Waals surface area contributed by atoms with Crippen LogP contribution in [0.2, 0.25) is 0 Å². The fourth-order valence-electron chi connectivity index (χ4n) is 4.47. The number of alkyl halides is 3. The maximum Gasteiger partial charge on any atom is 0.573 e. The van der Waals surface area contributed by atoms with Gasteiger partial charge < -0.3 is 14.8 Å². The molecular formula is C28H20F4N4O6S. The molecule has 0 fully saturated rings. The molecule has 3 heterocycles. The van der Waals surface area contributed by atoms with E-state index in [4.69, 9.17) is 4.74 Å². The van der Waals surface area contributed by atoms with Crippen LogP contribution in [0.15, 0.2) is 90.1 Å². The molecule has 222 valence electrons. The van der Waals surface area contributed by atoms with Crippen molar-refractivity contribution in [3.8, 4) is 11.5 Å². The molecule has 43 heavy (non-hydrogen) atoms. The van der Waals surface area contributed by atoms with Gasteiger partial charge >= 0.3 is 6.36 Å². The molecule has 0 bridgehead atoms. The molecule has 0 aliphatic carbocycles. The molecule has 15 heteroatoms. The minimum absolute atomic E-state index is 0.0134. The summed E-state index contributed by atoms with van der Waals surface area (Å²) in [6.07, 6.45) is -2.71. The third-order valence-corrected chi connectivity index (χ3v) is 7.77. The zero-order valence-electron chi connectivity index (χ0n) is 21.8. The summed E-state index contributed by atoms with van der Waals surface area (Å²) in [5, 5.41) is 2.75. The summed E-state index contributed by atoms with van der Waals surface area (Å²) in [5.41, 5.74) is -1.71. The first kappa shape index (κ1) is 29.4. The Morgan fingerprint density at radius 3 is 2.40 bits per heavy atom. The van der Waals surface area contributed by atoms with Crippen LogP contribution in [0.1, 0.15) is 38.5 Å². The Balaban J connectivity index is 1.43. The fourth-order valence-corrected chi connectivity index (χ4v) is 5.46. The van der Waals surface area contributed by atoms with Gasteiger partial charge in [-0.3, -0.25) is 19.6 Å². The van der Waals surface area contributed by atoms with E-state index in [1.54, 1.807) is 18.2 Å². The lowest BCUT2D eigenvalue weighted by atomic mass is 9.81. The van der Waals surface area contributed by atoms with E-state index in [0.29, 0.717) is 0 Å². The predicted octanol–water partition coefficient (Wildman–Crippen LogP) is 4.09. The van der Waals surface area contributed by atoms with Gasteiger partial charge in [0.2, 0.25) is 0 Å². The molecular weight excluding hydrogens is 596 g/mol. The van der Waals surface area contributed by atoms with E-state index in [0.717, 1.165) is 18.3 Å². The molecule has 5 rings (SSSR count). The third-order valence-electron chi connectivity index (χ3n) is 6.43. The number of nitrogens with zero attached hydrogens (tertiary/aromatic N) is 2. The number of rotatable bonds is 7. The van der Waals surface area contributed by atoms with Crippen molar-refractivity contribution in [2.75, 3.05) is 6.61 Å². The summed E-state index contributed by atoms with van der Waals surface area (Å²) in [6, 6.07) is 15.5. The predicted molar refractivity (Wildman–Crippen MR) is 141 cm³/mol.